The van der Waals surface area contributed by atoms with Crippen LogP contribution in [0.3, 0.4) is 0 Å². The molecule has 0 heterocycles. The van der Waals surface area contributed by atoms with Crippen molar-refractivity contribution in [3.05, 3.63) is 11.1 Å². The van der Waals surface area contributed by atoms with E-state index < -0.39 is 0 Å². The van der Waals surface area contributed by atoms with Crippen LogP contribution in [0, 0.1) is 5.92 Å². The number of allylic oxidation sites excluding steroid dienone is 2. The van der Waals surface area contributed by atoms with E-state index >= 15 is 0 Å². The van der Waals surface area contributed by atoms with Crippen molar-refractivity contribution in [2.75, 3.05) is 0 Å². The Hall–Kier alpha value is -0.260. The molecule has 0 aromatic rings. The Morgan fingerprint density at radius 3 is 1.16 bits per heavy atom. The summed E-state index contributed by atoms with van der Waals surface area (Å²) in [6.07, 6.45) is 46.8. The van der Waals surface area contributed by atoms with E-state index in [1.165, 1.54) is 205 Å². The van der Waals surface area contributed by atoms with E-state index in [-0.39, 0.29) is 0 Å². The summed E-state index contributed by atoms with van der Waals surface area (Å²) in [5.41, 5.74) is 3.92. The maximum absolute atomic E-state index is 2.32. The molecule has 0 spiro atoms. The SMILES string of the molecule is CCCCCCCCCCCC1=C(CCCCCCCCCCC)C(CCCCCCCCCCC)CC1. The largest absolute Gasteiger partial charge is 0.0707 e. The number of unbranched alkanes of at least 4 members (excludes halogenated alkanes) is 24. The Bertz CT molecular complexity index is 500. The van der Waals surface area contributed by atoms with Crippen LogP contribution in [0.2, 0.25) is 0 Å². The summed E-state index contributed by atoms with van der Waals surface area (Å²) in [6, 6.07) is 0. The Morgan fingerprint density at radius 2 is 0.737 bits per heavy atom. The van der Waals surface area contributed by atoms with Gasteiger partial charge in [0.2, 0.25) is 0 Å². The molecular weight excluding hydrogens is 456 g/mol. The van der Waals surface area contributed by atoms with Gasteiger partial charge in [0.05, 0.1) is 0 Å². The fourth-order valence-corrected chi connectivity index (χ4v) is 6.93. The minimum absolute atomic E-state index is 0.960. The first-order valence-corrected chi connectivity index (χ1v) is 18.5. The third kappa shape index (κ3) is 20.6. The highest BCUT2D eigenvalue weighted by Crippen LogP contribution is 2.40. The zero-order chi connectivity index (χ0) is 27.4. The maximum atomic E-state index is 2.32. The fourth-order valence-electron chi connectivity index (χ4n) is 6.93. The van der Waals surface area contributed by atoms with Crippen molar-refractivity contribution in [3.8, 4) is 0 Å². The predicted octanol–water partition coefficient (Wildman–Crippen LogP) is 14.5. The summed E-state index contributed by atoms with van der Waals surface area (Å²) in [4.78, 5) is 0. The highest BCUT2D eigenvalue weighted by molar-refractivity contribution is 5.23. The molecule has 226 valence electrons. The van der Waals surface area contributed by atoms with E-state index in [0.29, 0.717) is 0 Å². The van der Waals surface area contributed by atoms with Crippen LogP contribution in [-0.4, -0.2) is 0 Å². The quantitative estimate of drug-likeness (QED) is 0.0639. The van der Waals surface area contributed by atoms with Crippen molar-refractivity contribution in [3.63, 3.8) is 0 Å². The van der Waals surface area contributed by atoms with Crippen LogP contribution in [0.1, 0.15) is 226 Å². The molecule has 0 aromatic carbocycles. The number of hydrogen-bond acceptors (Lipinski definition) is 0. The summed E-state index contributed by atoms with van der Waals surface area (Å²) >= 11 is 0. The van der Waals surface area contributed by atoms with E-state index in [1.54, 1.807) is 0 Å². The molecule has 1 aliphatic carbocycles. The molecule has 0 aliphatic heterocycles. The summed E-state index contributed by atoms with van der Waals surface area (Å²) in [7, 11) is 0. The van der Waals surface area contributed by atoms with Crippen molar-refractivity contribution >= 4 is 0 Å². The molecule has 0 nitrogen and oxygen atoms in total. The van der Waals surface area contributed by atoms with Crippen LogP contribution in [0.25, 0.3) is 0 Å². The van der Waals surface area contributed by atoms with E-state index in [1.807, 2.05) is 11.1 Å². The van der Waals surface area contributed by atoms with Gasteiger partial charge in [-0.3, -0.25) is 0 Å². The van der Waals surface area contributed by atoms with Gasteiger partial charge >= 0.3 is 0 Å². The number of rotatable bonds is 30. The molecule has 0 bridgehead atoms. The molecule has 0 amide bonds. The van der Waals surface area contributed by atoms with Crippen molar-refractivity contribution in [2.45, 2.75) is 226 Å². The van der Waals surface area contributed by atoms with E-state index in [2.05, 4.69) is 20.8 Å². The van der Waals surface area contributed by atoms with Gasteiger partial charge in [-0.1, -0.05) is 192 Å². The molecule has 0 heteroatoms. The van der Waals surface area contributed by atoms with Gasteiger partial charge in [-0.15, -0.1) is 0 Å². The van der Waals surface area contributed by atoms with Gasteiger partial charge in [-0.2, -0.15) is 0 Å². The van der Waals surface area contributed by atoms with Crippen LogP contribution >= 0.6 is 0 Å². The fraction of sp³-hybridized carbons (Fsp3) is 0.947. The molecule has 1 aliphatic rings. The molecule has 0 saturated heterocycles. The van der Waals surface area contributed by atoms with Gasteiger partial charge in [0, 0.05) is 0 Å². The van der Waals surface area contributed by atoms with E-state index in [0.717, 1.165) is 5.92 Å². The van der Waals surface area contributed by atoms with Gasteiger partial charge in [0.15, 0.2) is 0 Å². The van der Waals surface area contributed by atoms with Crippen molar-refractivity contribution in [1.29, 1.82) is 0 Å². The Kier molecular flexibility index (Phi) is 26.6. The van der Waals surface area contributed by atoms with Crippen LogP contribution < -0.4 is 0 Å². The smallest absolute Gasteiger partial charge is 0.0198 e. The zero-order valence-electron chi connectivity index (χ0n) is 27.2. The molecule has 0 N–H and O–H groups in total. The minimum atomic E-state index is 0.960. The number of hydrogen-bond donors (Lipinski definition) is 0. The highest BCUT2D eigenvalue weighted by Gasteiger charge is 2.24. The molecule has 38 heavy (non-hydrogen) atoms. The van der Waals surface area contributed by atoms with Gasteiger partial charge in [-0.05, 0) is 50.9 Å². The van der Waals surface area contributed by atoms with Crippen LogP contribution in [0.15, 0.2) is 11.1 Å². The lowest BCUT2D eigenvalue weighted by Gasteiger charge is -2.17. The molecule has 0 aromatic heterocycles. The molecule has 1 rings (SSSR count). The second-order valence-electron chi connectivity index (χ2n) is 13.1. The Balaban J connectivity index is 2.31. The first-order chi connectivity index (χ1) is 18.8. The summed E-state index contributed by atoms with van der Waals surface area (Å²) in [5, 5.41) is 0. The van der Waals surface area contributed by atoms with Crippen molar-refractivity contribution in [1.82, 2.24) is 0 Å². The highest BCUT2D eigenvalue weighted by atomic mass is 14.3. The molecule has 0 fully saturated rings. The monoisotopic (exact) mass is 531 g/mol. The average molecular weight is 531 g/mol. The van der Waals surface area contributed by atoms with Gasteiger partial charge in [0.1, 0.15) is 0 Å². The van der Waals surface area contributed by atoms with Gasteiger partial charge < -0.3 is 0 Å². The predicted molar refractivity (Wildman–Crippen MR) is 175 cm³/mol. The lowest BCUT2D eigenvalue weighted by atomic mass is 9.89. The lowest BCUT2D eigenvalue weighted by Crippen LogP contribution is -2.01. The molecule has 0 radical (unpaired) electrons. The maximum Gasteiger partial charge on any atom is -0.0198 e. The molecule has 1 unspecified atom stereocenters. The Labute approximate surface area is 243 Å². The Morgan fingerprint density at radius 1 is 0.395 bits per heavy atom. The standard InChI is InChI=1S/C38H74/c1-4-7-10-13-16-19-22-25-28-31-36-34-35-37(32-29-26-23-20-17-14-11-8-5-2)38(36)33-30-27-24-21-18-15-12-9-6-3/h36H,4-35H2,1-3H3. The zero-order valence-corrected chi connectivity index (χ0v) is 27.2. The van der Waals surface area contributed by atoms with Gasteiger partial charge in [0.25, 0.3) is 0 Å². The van der Waals surface area contributed by atoms with Crippen LogP contribution in [0.5, 0.6) is 0 Å². The first-order valence-electron chi connectivity index (χ1n) is 18.5. The van der Waals surface area contributed by atoms with Crippen LogP contribution in [0.4, 0.5) is 0 Å². The third-order valence-electron chi connectivity index (χ3n) is 9.53. The third-order valence-corrected chi connectivity index (χ3v) is 9.53. The lowest BCUT2D eigenvalue weighted by molar-refractivity contribution is 0.479. The summed E-state index contributed by atoms with van der Waals surface area (Å²) < 4.78 is 0. The van der Waals surface area contributed by atoms with Crippen molar-refractivity contribution in [2.24, 2.45) is 5.92 Å². The van der Waals surface area contributed by atoms with Gasteiger partial charge in [-0.25, -0.2) is 0 Å². The van der Waals surface area contributed by atoms with Crippen molar-refractivity contribution < 1.29 is 0 Å². The molecular formula is C38H74. The summed E-state index contributed by atoms with van der Waals surface area (Å²) in [5.74, 6) is 0.960. The van der Waals surface area contributed by atoms with Crippen LogP contribution in [-0.2, 0) is 0 Å². The summed E-state index contributed by atoms with van der Waals surface area (Å²) in [6.45, 7) is 6.97. The van der Waals surface area contributed by atoms with E-state index in [4.69, 9.17) is 0 Å². The first kappa shape index (κ1) is 35.8. The minimum Gasteiger partial charge on any atom is -0.0707 e. The van der Waals surface area contributed by atoms with E-state index in [9.17, 15) is 0 Å². The molecule has 1 atom stereocenters. The average Bonchev–Trinajstić information content (AvgIpc) is 3.31. The second kappa shape index (κ2) is 28.3. The second-order valence-corrected chi connectivity index (χ2v) is 13.1. The topological polar surface area (TPSA) is 0 Å². The molecule has 0 saturated carbocycles. The normalized spacial score (nSPS) is 15.7.